The van der Waals surface area contributed by atoms with Gasteiger partial charge in [0.1, 0.15) is 5.82 Å². The van der Waals surface area contributed by atoms with Crippen LogP contribution in [0.2, 0.25) is 0 Å². The summed E-state index contributed by atoms with van der Waals surface area (Å²) < 4.78 is 0. The highest BCUT2D eigenvalue weighted by Crippen LogP contribution is 2.31. The lowest BCUT2D eigenvalue weighted by Crippen LogP contribution is -2.45. The van der Waals surface area contributed by atoms with Gasteiger partial charge in [0.15, 0.2) is 0 Å². The van der Waals surface area contributed by atoms with Crippen molar-refractivity contribution in [3.8, 4) is 0 Å². The van der Waals surface area contributed by atoms with Crippen LogP contribution in [0.5, 0.6) is 0 Å². The molecule has 0 aromatic carbocycles. The Bertz CT molecular complexity index is 540. The molecular weight excluding hydrogens is 300 g/mol. The zero-order valence-corrected chi connectivity index (χ0v) is 14.7. The van der Waals surface area contributed by atoms with E-state index in [2.05, 4.69) is 4.98 Å². The van der Waals surface area contributed by atoms with Crippen molar-refractivity contribution in [1.29, 1.82) is 0 Å². The predicted molar refractivity (Wildman–Crippen MR) is 94.6 cm³/mol. The first-order chi connectivity index (χ1) is 11.7. The maximum Gasteiger partial charge on any atom is 0.238 e. The van der Waals surface area contributed by atoms with Crippen molar-refractivity contribution in [2.24, 2.45) is 11.8 Å². The number of hydrogen-bond donors (Lipinski definition) is 0. The van der Waals surface area contributed by atoms with Crippen LogP contribution in [-0.2, 0) is 9.59 Å². The van der Waals surface area contributed by atoms with Crippen molar-refractivity contribution >= 4 is 17.6 Å². The number of nitrogens with zero attached hydrogens (tertiary/aromatic N) is 2. The van der Waals surface area contributed by atoms with Crippen LogP contribution >= 0.6 is 0 Å². The molecule has 2 amide bonds. The lowest BCUT2D eigenvalue weighted by molar-refractivity contribution is -0.131. The average molecular weight is 328 g/mol. The van der Waals surface area contributed by atoms with Crippen LogP contribution in [0.25, 0.3) is 0 Å². The van der Waals surface area contributed by atoms with Gasteiger partial charge in [-0.3, -0.25) is 9.59 Å². The second-order valence-corrected chi connectivity index (χ2v) is 7.38. The first-order valence-electron chi connectivity index (χ1n) is 9.47. The predicted octanol–water partition coefficient (Wildman–Crippen LogP) is 4.41. The average Bonchev–Trinajstić information content (AvgIpc) is 2.64. The second kappa shape index (κ2) is 7.91. The van der Waals surface area contributed by atoms with Gasteiger partial charge in [-0.2, -0.15) is 0 Å². The van der Waals surface area contributed by atoms with Crippen LogP contribution in [0.3, 0.4) is 0 Å². The number of carbonyl (C=O) groups is 2. The van der Waals surface area contributed by atoms with Gasteiger partial charge in [0.25, 0.3) is 0 Å². The van der Waals surface area contributed by atoms with Crippen LogP contribution < -0.4 is 4.90 Å². The summed E-state index contributed by atoms with van der Waals surface area (Å²) in [5.74, 6) is 0.416. The standard InChI is InChI=1S/C20H28N2O2/c1-15-12-13-18(21-14-15)22(19(23)16-8-4-2-5-9-16)20(24)17-10-6-3-7-11-17/h12-14,16-17H,2-11H2,1H3. The molecule has 0 aliphatic heterocycles. The van der Waals surface area contributed by atoms with E-state index in [-0.39, 0.29) is 23.7 Å². The molecule has 0 radical (unpaired) electrons. The van der Waals surface area contributed by atoms with Crippen molar-refractivity contribution in [1.82, 2.24) is 4.98 Å². The summed E-state index contributed by atoms with van der Waals surface area (Å²) in [5, 5.41) is 0. The first kappa shape index (κ1) is 17.1. The molecule has 0 unspecified atom stereocenters. The fourth-order valence-corrected chi connectivity index (χ4v) is 3.99. The van der Waals surface area contributed by atoms with Crippen molar-refractivity contribution in [2.45, 2.75) is 71.1 Å². The molecule has 2 aliphatic carbocycles. The van der Waals surface area contributed by atoms with E-state index in [0.29, 0.717) is 5.82 Å². The zero-order valence-electron chi connectivity index (χ0n) is 14.7. The van der Waals surface area contributed by atoms with E-state index in [1.165, 1.54) is 17.7 Å². The fraction of sp³-hybridized carbons (Fsp3) is 0.650. The van der Waals surface area contributed by atoms with E-state index >= 15 is 0 Å². The minimum atomic E-state index is -0.0263. The maximum absolute atomic E-state index is 13.1. The summed E-state index contributed by atoms with van der Waals surface area (Å²) in [6.45, 7) is 1.97. The summed E-state index contributed by atoms with van der Waals surface area (Å²) in [6, 6.07) is 3.74. The third-order valence-electron chi connectivity index (χ3n) is 5.47. The SMILES string of the molecule is Cc1ccc(N(C(=O)C2CCCCC2)C(=O)C2CCCCC2)nc1. The van der Waals surface area contributed by atoms with Crippen molar-refractivity contribution in [3.05, 3.63) is 23.9 Å². The molecule has 0 N–H and O–H groups in total. The van der Waals surface area contributed by atoms with Crippen LogP contribution in [0.15, 0.2) is 18.3 Å². The molecule has 4 heteroatoms. The molecule has 2 aliphatic rings. The highest BCUT2D eigenvalue weighted by atomic mass is 16.2. The van der Waals surface area contributed by atoms with Gasteiger partial charge in [-0.1, -0.05) is 44.6 Å². The van der Waals surface area contributed by atoms with Crippen molar-refractivity contribution in [3.63, 3.8) is 0 Å². The van der Waals surface area contributed by atoms with Crippen LogP contribution in [0, 0.1) is 18.8 Å². The molecule has 130 valence electrons. The fourth-order valence-electron chi connectivity index (χ4n) is 3.99. The quantitative estimate of drug-likeness (QED) is 0.772. The Hall–Kier alpha value is -1.71. The summed E-state index contributed by atoms with van der Waals surface area (Å²) in [4.78, 5) is 32.1. The topological polar surface area (TPSA) is 50.3 Å². The lowest BCUT2D eigenvalue weighted by atomic mass is 9.86. The summed E-state index contributed by atoms with van der Waals surface area (Å²) >= 11 is 0. The number of aromatic nitrogens is 1. The van der Waals surface area contributed by atoms with E-state index < -0.39 is 0 Å². The minimum absolute atomic E-state index is 0.0191. The molecule has 2 saturated carbocycles. The molecule has 1 aromatic heterocycles. The van der Waals surface area contributed by atoms with Gasteiger partial charge in [0.05, 0.1) is 0 Å². The smallest absolute Gasteiger partial charge is 0.238 e. The van der Waals surface area contributed by atoms with Gasteiger partial charge in [0, 0.05) is 18.0 Å². The monoisotopic (exact) mass is 328 g/mol. The molecule has 2 fully saturated rings. The molecule has 1 heterocycles. The van der Waals surface area contributed by atoms with Crippen molar-refractivity contribution < 1.29 is 9.59 Å². The lowest BCUT2D eigenvalue weighted by Gasteiger charge is -2.31. The Morgan fingerprint density at radius 3 is 1.79 bits per heavy atom. The number of aryl methyl sites for hydroxylation is 1. The molecule has 0 saturated heterocycles. The Morgan fingerprint density at radius 1 is 0.875 bits per heavy atom. The van der Waals surface area contributed by atoms with Crippen molar-refractivity contribution in [2.75, 3.05) is 4.90 Å². The highest BCUT2D eigenvalue weighted by molar-refractivity contribution is 6.15. The zero-order chi connectivity index (χ0) is 16.9. The molecule has 0 bridgehead atoms. The Labute approximate surface area is 144 Å². The largest absolute Gasteiger partial charge is 0.274 e. The number of carbonyl (C=O) groups excluding carboxylic acids is 2. The van der Waals surface area contributed by atoms with E-state index in [9.17, 15) is 9.59 Å². The van der Waals surface area contributed by atoms with Crippen LogP contribution in [0.4, 0.5) is 5.82 Å². The number of imide groups is 1. The highest BCUT2D eigenvalue weighted by Gasteiger charge is 2.35. The molecule has 1 aromatic rings. The second-order valence-electron chi connectivity index (χ2n) is 7.38. The molecule has 24 heavy (non-hydrogen) atoms. The molecule has 0 spiro atoms. The van der Waals surface area contributed by atoms with Gasteiger partial charge < -0.3 is 0 Å². The van der Waals surface area contributed by atoms with E-state index in [4.69, 9.17) is 0 Å². The van der Waals surface area contributed by atoms with E-state index in [0.717, 1.165) is 56.9 Å². The molecule has 3 rings (SSSR count). The first-order valence-corrected chi connectivity index (χ1v) is 9.47. The Balaban J connectivity index is 1.85. The Morgan fingerprint density at radius 2 is 1.38 bits per heavy atom. The normalized spacial score (nSPS) is 19.9. The van der Waals surface area contributed by atoms with Gasteiger partial charge in [-0.15, -0.1) is 0 Å². The summed E-state index contributed by atoms with van der Waals surface area (Å²) in [7, 11) is 0. The van der Waals surface area contributed by atoms with Gasteiger partial charge in [-0.25, -0.2) is 9.88 Å². The number of pyridine rings is 1. The third kappa shape index (κ3) is 3.85. The molecular formula is C20H28N2O2. The van der Waals surface area contributed by atoms with Crippen LogP contribution in [0.1, 0.15) is 69.8 Å². The number of anilines is 1. The van der Waals surface area contributed by atoms with Gasteiger partial charge in [0.2, 0.25) is 11.8 Å². The number of amides is 2. The number of rotatable bonds is 3. The third-order valence-corrected chi connectivity index (χ3v) is 5.47. The summed E-state index contributed by atoms with van der Waals surface area (Å²) in [5.41, 5.74) is 1.04. The summed E-state index contributed by atoms with van der Waals surface area (Å²) in [6.07, 6.45) is 12.1. The maximum atomic E-state index is 13.1. The molecule has 4 nitrogen and oxygen atoms in total. The van der Waals surface area contributed by atoms with Gasteiger partial charge >= 0.3 is 0 Å². The minimum Gasteiger partial charge on any atom is -0.274 e. The molecule has 0 atom stereocenters. The Kier molecular flexibility index (Phi) is 5.64. The number of hydrogen-bond acceptors (Lipinski definition) is 3. The van der Waals surface area contributed by atoms with E-state index in [1.54, 1.807) is 6.20 Å². The van der Waals surface area contributed by atoms with Crippen LogP contribution in [-0.4, -0.2) is 16.8 Å². The van der Waals surface area contributed by atoms with Gasteiger partial charge in [-0.05, 0) is 44.2 Å². The van der Waals surface area contributed by atoms with E-state index in [1.807, 2.05) is 19.1 Å².